The Labute approximate surface area is 184 Å². The molecular formula is C23H27N3O2S2. The number of likely N-dealkylation sites (tertiary alicyclic amines) is 1. The molecule has 1 N–H and O–H groups in total. The van der Waals surface area contributed by atoms with Crippen LogP contribution in [0.25, 0.3) is 10.2 Å². The van der Waals surface area contributed by atoms with Gasteiger partial charge in [0.25, 0.3) is 11.5 Å². The fraction of sp³-hybridized carbons (Fsp3) is 0.435. The Hall–Kier alpha value is -2.12. The van der Waals surface area contributed by atoms with E-state index < -0.39 is 0 Å². The van der Waals surface area contributed by atoms with Crippen molar-refractivity contribution in [3.8, 4) is 0 Å². The molecule has 3 heterocycles. The number of piperidine rings is 1. The van der Waals surface area contributed by atoms with Crippen LogP contribution in [-0.4, -0.2) is 33.9 Å². The number of nitrogens with zero attached hydrogens (tertiary/aromatic N) is 2. The molecule has 1 saturated heterocycles. The molecule has 7 heteroatoms. The molecule has 1 fully saturated rings. The van der Waals surface area contributed by atoms with Crippen LogP contribution in [0.5, 0.6) is 0 Å². The Kier molecular flexibility index (Phi) is 6.02. The third kappa shape index (κ3) is 4.18. The molecule has 0 spiro atoms. The fourth-order valence-corrected chi connectivity index (χ4v) is 5.99. The van der Waals surface area contributed by atoms with Crippen molar-refractivity contribution in [2.75, 3.05) is 13.1 Å². The van der Waals surface area contributed by atoms with Crippen LogP contribution < -0.4 is 5.56 Å². The number of amides is 1. The quantitative estimate of drug-likeness (QED) is 0.574. The predicted octanol–water partition coefficient (Wildman–Crippen LogP) is 5.07. The summed E-state index contributed by atoms with van der Waals surface area (Å²) in [5, 5.41) is 0.550. The number of H-pyrrole nitrogens is 1. The number of hydrogen-bond donors (Lipinski definition) is 1. The molecule has 0 bridgehead atoms. The molecule has 0 saturated carbocycles. The second-order valence-corrected chi connectivity index (χ2v) is 10.3. The molecule has 1 aromatic carbocycles. The second-order valence-electron chi connectivity index (χ2n) is 8.28. The van der Waals surface area contributed by atoms with E-state index in [9.17, 15) is 9.59 Å². The Balaban J connectivity index is 1.60. The smallest absolute Gasteiger partial charge is 0.264 e. The maximum atomic E-state index is 13.1. The normalized spacial score (nSPS) is 15.1. The van der Waals surface area contributed by atoms with Gasteiger partial charge in [0.2, 0.25) is 0 Å². The first-order chi connectivity index (χ1) is 14.3. The summed E-state index contributed by atoms with van der Waals surface area (Å²) in [6, 6.07) is 6.36. The lowest BCUT2D eigenvalue weighted by Gasteiger charge is -2.30. The molecule has 0 aliphatic carbocycles. The van der Waals surface area contributed by atoms with Crippen LogP contribution in [0.3, 0.4) is 0 Å². The van der Waals surface area contributed by atoms with Gasteiger partial charge in [-0.3, -0.25) is 9.59 Å². The molecule has 0 radical (unpaired) electrons. The number of aromatic nitrogens is 2. The summed E-state index contributed by atoms with van der Waals surface area (Å²) < 4.78 is 0. The maximum absolute atomic E-state index is 13.1. The molecule has 1 aliphatic rings. The lowest BCUT2D eigenvalue weighted by Crippen LogP contribution is -2.37. The third-order valence-corrected chi connectivity index (χ3v) is 8.17. The molecule has 1 aliphatic heterocycles. The van der Waals surface area contributed by atoms with Crippen molar-refractivity contribution in [2.45, 2.75) is 51.2 Å². The highest BCUT2D eigenvalue weighted by Crippen LogP contribution is 2.31. The van der Waals surface area contributed by atoms with E-state index in [1.165, 1.54) is 27.4 Å². The van der Waals surface area contributed by atoms with Gasteiger partial charge in [-0.15, -0.1) is 23.1 Å². The summed E-state index contributed by atoms with van der Waals surface area (Å²) in [5.41, 5.74) is 3.02. The Bertz CT molecular complexity index is 1160. The van der Waals surface area contributed by atoms with Gasteiger partial charge in [0.1, 0.15) is 10.7 Å². The van der Waals surface area contributed by atoms with Crippen molar-refractivity contribution in [1.29, 1.82) is 0 Å². The van der Waals surface area contributed by atoms with Gasteiger partial charge in [0.05, 0.1) is 16.0 Å². The van der Waals surface area contributed by atoms with Gasteiger partial charge < -0.3 is 9.88 Å². The Morgan fingerprint density at radius 1 is 1.27 bits per heavy atom. The minimum absolute atomic E-state index is 0.0353. The van der Waals surface area contributed by atoms with E-state index in [1.54, 1.807) is 11.8 Å². The summed E-state index contributed by atoms with van der Waals surface area (Å²) in [6.45, 7) is 9.83. The van der Waals surface area contributed by atoms with E-state index in [2.05, 4.69) is 44.0 Å². The highest BCUT2D eigenvalue weighted by Gasteiger charge is 2.26. The van der Waals surface area contributed by atoms with E-state index in [0.29, 0.717) is 32.6 Å². The molecule has 3 aromatic rings. The van der Waals surface area contributed by atoms with Crippen LogP contribution in [0.1, 0.15) is 52.0 Å². The zero-order valence-electron chi connectivity index (χ0n) is 17.9. The third-order valence-electron chi connectivity index (χ3n) is 5.82. The monoisotopic (exact) mass is 441 g/mol. The number of hydrogen-bond acceptors (Lipinski definition) is 5. The fourth-order valence-electron chi connectivity index (χ4n) is 3.83. The minimum atomic E-state index is -0.156. The number of carbonyl (C=O) groups is 1. The summed E-state index contributed by atoms with van der Waals surface area (Å²) in [6.07, 6.45) is 2.07. The van der Waals surface area contributed by atoms with Crippen molar-refractivity contribution < 1.29 is 4.79 Å². The Morgan fingerprint density at radius 3 is 2.73 bits per heavy atom. The summed E-state index contributed by atoms with van der Waals surface area (Å²) in [5.74, 6) is 1.93. The van der Waals surface area contributed by atoms with Gasteiger partial charge in [0.15, 0.2) is 0 Å². The number of fused-ring (bicyclic) bond motifs is 1. The average molecular weight is 442 g/mol. The summed E-state index contributed by atoms with van der Waals surface area (Å²) in [4.78, 5) is 37.9. The summed E-state index contributed by atoms with van der Waals surface area (Å²) in [7, 11) is 0. The van der Waals surface area contributed by atoms with Crippen LogP contribution in [0.2, 0.25) is 0 Å². The number of benzene rings is 1. The van der Waals surface area contributed by atoms with Crippen LogP contribution >= 0.6 is 23.1 Å². The maximum Gasteiger partial charge on any atom is 0.264 e. The zero-order valence-corrected chi connectivity index (χ0v) is 19.5. The first kappa shape index (κ1) is 21.1. The lowest BCUT2D eigenvalue weighted by molar-refractivity contribution is 0.0701. The van der Waals surface area contributed by atoms with Gasteiger partial charge in [-0.1, -0.05) is 24.6 Å². The highest BCUT2D eigenvalue weighted by molar-refractivity contribution is 7.98. The van der Waals surface area contributed by atoms with Crippen molar-refractivity contribution in [1.82, 2.24) is 14.9 Å². The number of thiophene rings is 1. The average Bonchev–Trinajstić information content (AvgIpc) is 3.05. The molecule has 0 atom stereocenters. The van der Waals surface area contributed by atoms with Crippen LogP contribution in [-0.2, 0) is 5.75 Å². The Morgan fingerprint density at radius 2 is 2.00 bits per heavy atom. The second kappa shape index (κ2) is 8.55. The van der Waals surface area contributed by atoms with Crippen LogP contribution in [0.4, 0.5) is 0 Å². The van der Waals surface area contributed by atoms with Gasteiger partial charge >= 0.3 is 0 Å². The van der Waals surface area contributed by atoms with Gasteiger partial charge in [-0.25, -0.2) is 4.98 Å². The number of carbonyl (C=O) groups excluding carboxylic acids is 1. The molecule has 0 unspecified atom stereocenters. The van der Waals surface area contributed by atoms with E-state index in [-0.39, 0.29) is 11.5 Å². The van der Waals surface area contributed by atoms with E-state index in [4.69, 9.17) is 4.98 Å². The molecular weight excluding hydrogens is 414 g/mol. The molecule has 5 nitrogen and oxygen atoms in total. The largest absolute Gasteiger partial charge is 0.338 e. The molecule has 2 aromatic heterocycles. The van der Waals surface area contributed by atoms with Crippen molar-refractivity contribution in [2.24, 2.45) is 5.92 Å². The van der Waals surface area contributed by atoms with Crippen molar-refractivity contribution >= 4 is 39.2 Å². The molecule has 158 valence electrons. The number of aromatic amines is 1. The van der Waals surface area contributed by atoms with E-state index in [1.807, 2.05) is 11.8 Å². The minimum Gasteiger partial charge on any atom is -0.338 e. The lowest BCUT2D eigenvalue weighted by atomic mass is 9.99. The molecule has 4 rings (SSSR count). The SMILES string of the molecule is Cc1ccc(C)c(SCc2nc3sc(C(=O)N4CCC(C)CC4)c(C)c3c(=O)[nH]2)c1. The van der Waals surface area contributed by atoms with E-state index >= 15 is 0 Å². The number of thioether (sulfide) groups is 1. The van der Waals surface area contributed by atoms with Crippen molar-refractivity contribution in [3.05, 3.63) is 55.9 Å². The first-order valence-corrected chi connectivity index (χ1v) is 12.2. The van der Waals surface area contributed by atoms with Gasteiger partial charge in [-0.05, 0) is 56.7 Å². The number of aryl methyl sites for hydroxylation is 3. The van der Waals surface area contributed by atoms with Gasteiger partial charge in [0, 0.05) is 18.0 Å². The molecule has 1 amide bonds. The van der Waals surface area contributed by atoms with Crippen LogP contribution in [0, 0.1) is 26.7 Å². The number of nitrogens with one attached hydrogen (secondary N) is 1. The summed E-state index contributed by atoms with van der Waals surface area (Å²) >= 11 is 3.02. The zero-order chi connectivity index (χ0) is 21.4. The van der Waals surface area contributed by atoms with Crippen LogP contribution in [0.15, 0.2) is 27.9 Å². The topological polar surface area (TPSA) is 66.1 Å². The van der Waals surface area contributed by atoms with Crippen molar-refractivity contribution in [3.63, 3.8) is 0 Å². The predicted molar refractivity (Wildman–Crippen MR) is 125 cm³/mol. The van der Waals surface area contributed by atoms with Gasteiger partial charge in [-0.2, -0.15) is 0 Å². The molecule has 30 heavy (non-hydrogen) atoms. The number of rotatable bonds is 4. The first-order valence-electron chi connectivity index (χ1n) is 10.3. The highest BCUT2D eigenvalue weighted by atomic mass is 32.2. The standard InChI is InChI=1S/C23H27N3O2S2/c1-13-7-9-26(10-8-13)23(28)20-16(4)19-21(27)24-18(25-22(19)30-20)12-29-17-11-14(2)5-6-15(17)3/h5-6,11,13H,7-10,12H2,1-4H3,(H,24,25,27). The van der Waals surface area contributed by atoms with E-state index in [0.717, 1.165) is 31.5 Å².